The Labute approximate surface area is 108 Å². The number of aliphatic hydroxyl groups excluding tert-OH is 1. The molecule has 3 nitrogen and oxygen atoms in total. The molecule has 1 aliphatic rings. The average Bonchev–Trinajstić information content (AvgIpc) is 3.07. The number of nitrogens with one attached hydrogen (secondary N) is 1. The van der Waals surface area contributed by atoms with E-state index < -0.39 is 6.10 Å². The van der Waals surface area contributed by atoms with Crippen molar-refractivity contribution < 1.29 is 9.90 Å². The molecule has 0 spiro atoms. The molecule has 2 N–H and O–H groups in total. The summed E-state index contributed by atoms with van der Waals surface area (Å²) in [4.78, 5) is 11.8. The van der Waals surface area contributed by atoms with E-state index in [0.717, 1.165) is 12.0 Å². The maximum Gasteiger partial charge on any atom is 0.223 e. The summed E-state index contributed by atoms with van der Waals surface area (Å²) in [6, 6.07) is 9.56. The van der Waals surface area contributed by atoms with Crippen molar-refractivity contribution in [3.05, 3.63) is 35.9 Å². The normalized spacial score (nSPS) is 25.3. The lowest BCUT2D eigenvalue weighted by Crippen LogP contribution is -2.35. The maximum absolute atomic E-state index is 11.8. The Balaban J connectivity index is 1.80. The third kappa shape index (κ3) is 3.33. The Morgan fingerprint density at radius 2 is 2.06 bits per heavy atom. The van der Waals surface area contributed by atoms with Crippen molar-refractivity contribution in [1.29, 1.82) is 0 Å². The van der Waals surface area contributed by atoms with Crippen LogP contribution in [-0.2, 0) is 4.79 Å². The minimum atomic E-state index is -0.516. The number of aliphatic hydroxyl groups is 1. The van der Waals surface area contributed by atoms with Gasteiger partial charge in [-0.2, -0.15) is 0 Å². The van der Waals surface area contributed by atoms with E-state index in [1.807, 2.05) is 37.3 Å². The fraction of sp³-hybridized carbons (Fsp3) is 0.533. The van der Waals surface area contributed by atoms with Crippen LogP contribution in [-0.4, -0.2) is 17.1 Å². The largest absolute Gasteiger partial charge is 0.388 e. The summed E-state index contributed by atoms with van der Waals surface area (Å²) in [5, 5.41) is 13.0. The second-order valence-electron chi connectivity index (χ2n) is 5.39. The van der Waals surface area contributed by atoms with E-state index in [1.54, 1.807) is 0 Å². The van der Waals surface area contributed by atoms with Gasteiger partial charge in [0.15, 0.2) is 0 Å². The van der Waals surface area contributed by atoms with E-state index in [2.05, 4.69) is 12.2 Å². The summed E-state index contributed by atoms with van der Waals surface area (Å²) in [5.41, 5.74) is 0.901. The smallest absolute Gasteiger partial charge is 0.223 e. The summed E-state index contributed by atoms with van der Waals surface area (Å²) < 4.78 is 0. The first-order valence-corrected chi connectivity index (χ1v) is 6.61. The van der Waals surface area contributed by atoms with Gasteiger partial charge >= 0.3 is 0 Å². The summed E-state index contributed by atoms with van der Waals surface area (Å²) in [6.45, 7) is 4.03. The minimum absolute atomic E-state index is 0.000469. The SMILES string of the molecule is C[C@H](C[C@H](O)c1ccccc1)NC(=O)[C@H]1C[C@@H]1C. The van der Waals surface area contributed by atoms with Gasteiger partial charge in [-0.15, -0.1) is 0 Å². The molecule has 1 saturated carbocycles. The Kier molecular flexibility index (Phi) is 4.02. The van der Waals surface area contributed by atoms with Crippen molar-refractivity contribution in [2.45, 2.75) is 38.8 Å². The summed E-state index contributed by atoms with van der Waals surface area (Å²) >= 11 is 0. The van der Waals surface area contributed by atoms with Gasteiger partial charge in [-0.3, -0.25) is 4.79 Å². The number of benzene rings is 1. The summed E-state index contributed by atoms with van der Waals surface area (Å²) in [6.07, 6.45) is 1.04. The number of hydrogen-bond acceptors (Lipinski definition) is 2. The highest BCUT2D eigenvalue weighted by molar-refractivity contribution is 5.81. The fourth-order valence-corrected chi connectivity index (χ4v) is 2.24. The number of rotatable bonds is 5. The van der Waals surface area contributed by atoms with Crippen molar-refractivity contribution in [3.63, 3.8) is 0 Å². The lowest BCUT2D eigenvalue weighted by atomic mass is 10.0. The van der Waals surface area contributed by atoms with Gasteiger partial charge in [0, 0.05) is 12.0 Å². The molecule has 2 rings (SSSR count). The molecule has 18 heavy (non-hydrogen) atoms. The molecule has 3 heteroatoms. The van der Waals surface area contributed by atoms with Crippen molar-refractivity contribution in [1.82, 2.24) is 5.32 Å². The molecule has 1 aromatic rings. The first-order valence-electron chi connectivity index (χ1n) is 6.61. The second kappa shape index (κ2) is 5.53. The molecule has 1 aliphatic carbocycles. The van der Waals surface area contributed by atoms with Gasteiger partial charge < -0.3 is 10.4 Å². The summed E-state index contributed by atoms with van der Waals surface area (Å²) in [7, 11) is 0. The molecular formula is C15H21NO2. The predicted molar refractivity (Wildman–Crippen MR) is 70.9 cm³/mol. The molecule has 98 valence electrons. The van der Waals surface area contributed by atoms with Crippen LogP contribution < -0.4 is 5.32 Å². The molecule has 1 amide bonds. The third-order valence-corrected chi connectivity index (χ3v) is 3.60. The zero-order chi connectivity index (χ0) is 13.1. The molecular weight excluding hydrogens is 226 g/mol. The standard InChI is InChI=1S/C15H21NO2/c1-10-8-13(10)15(18)16-11(2)9-14(17)12-6-4-3-5-7-12/h3-7,10-11,13-14,17H,8-9H2,1-2H3,(H,16,18)/t10-,11+,13-,14-/m0/s1. The van der Waals surface area contributed by atoms with E-state index >= 15 is 0 Å². The number of hydrogen-bond donors (Lipinski definition) is 2. The summed E-state index contributed by atoms with van der Waals surface area (Å²) in [5.74, 6) is 0.854. The lowest BCUT2D eigenvalue weighted by molar-refractivity contribution is -0.123. The Morgan fingerprint density at radius 1 is 1.44 bits per heavy atom. The van der Waals surface area contributed by atoms with Crippen molar-refractivity contribution in [2.24, 2.45) is 11.8 Å². The average molecular weight is 247 g/mol. The van der Waals surface area contributed by atoms with E-state index in [0.29, 0.717) is 12.3 Å². The Morgan fingerprint density at radius 3 is 2.61 bits per heavy atom. The van der Waals surface area contributed by atoms with Crippen LogP contribution in [0.3, 0.4) is 0 Å². The van der Waals surface area contributed by atoms with Gasteiger partial charge in [0.1, 0.15) is 0 Å². The molecule has 0 radical (unpaired) electrons. The van der Waals surface area contributed by atoms with Crippen LogP contribution in [0.15, 0.2) is 30.3 Å². The van der Waals surface area contributed by atoms with E-state index in [-0.39, 0.29) is 17.9 Å². The number of amides is 1. The maximum atomic E-state index is 11.8. The molecule has 1 aromatic carbocycles. The predicted octanol–water partition coefficient (Wildman–Crippen LogP) is 2.27. The highest BCUT2D eigenvalue weighted by Crippen LogP contribution is 2.37. The van der Waals surface area contributed by atoms with Crippen LogP contribution in [0.4, 0.5) is 0 Å². The van der Waals surface area contributed by atoms with Crippen LogP contribution in [0, 0.1) is 11.8 Å². The lowest BCUT2D eigenvalue weighted by Gasteiger charge is -2.18. The minimum Gasteiger partial charge on any atom is -0.388 e. The van der Waals surface area contributed by atoms with Gasteiger partial charge in [0.25, 0.3) is 0 Å². The van der Waals surface area contributed by atoms with E-state index in [9.17, 15) is 9.90 Å². The third-order valence-electron chi connectivity index (χ3n) is 3.60. The first-order chi connectivity index (χ1) is 8.58. The molecule has 4 atom stereocenters. The zero-order valence-corrected chi connectivity index (χ0v) is 11.0. The van der Waals surface area contributed by atoms with Crippen LogP contribution in [0.5, 0.6) is 0 Å². The van der Waals surface area contributed by atoms with Gasteiger partial charge in [-0.05, 0) is 31.2 Å². The van der Waals surface area contributed by atoms with E-state index in [1.165, 1.54) is 0 Å². The van der Waals surface area contributed by atoms with Gasteiger partial charge in [0.2, 0.25) is 5.91 Å². The van der Waals surface area contributed by atoms with Gasteiger partial charge in [-0.25, -0.2) is 0 Å². The highest BCUT2D eigenvalue weighted by atomic mass is 16.3. The Bertz CT molecular complexity index is 404. The number of carbonyl (C=O) groups is 1. The second-order valence-corrected chi connectivity index (χ2v) is 5.39. The van der Waals surface area contributed by atoms with Gasteiger partial charge in [0.05, 0.1) is 6.10 Å². The van der Waals surface area contributed by atoms with E-state index in [4.69, 9.17) is 0 Å². The molecule has 0 bridgehead atoms. The zero-order valence-electron chi connectivity index (χ0n) is 11.0. The molecule has 0 aromatic heterocycles. The van der Waals surface area contributed by atoms with Crippen molar-refractivity contribution in [2.75, 3.05) is 0 Å². The molecule has 0 saturated heterocycles. The molecule has 1 fully saturated rings. The number of carbonyl (C=O) groups excluding carboxylic acids is 1. The monoisotopic (exact) mass is 247 g/mol. The van der Waals surface area contributed by atoms with Crippen LogP contribution >= 0.6 is 0 Å². The Hall–Kier alpha value is -1.35. The topological polar surface area (TPSA) is 49.3 Å². The van der Waals surface area contributed by atoms with Crippen LogP contribution in [0.2, 0.25) is 0 Å². The van der Waals surface area contributed by atoms with Crippen LogP contribution in [0.25, 0.3) is 0 Å². The molecule has 0 aliphatic heterocycles. The van der Waals surface area contributed by atoms with Crippen molar-refractivity contribution >= 4 is 5.91 Å². The molecule has 0 heterocycles. The first kappa shape index (κ1) is 13.1. The highest BCUT2D eigenvalue weighted by Gasteiger charge is 2.39. The molecule has 0 unspecified atom stereocenters. The fourth-order valence-electron chi connectivity index (χ4n) is 2.24. The van der Waals surface area contributed by atoms with Gasteiger partial charge in [-0.1, -0.05) is 37.3 Å². The van der Waals surface area contributed by atoms with Crippen molar-refractivity contribution in [3.8, 4) is 0 Å². The quantitative estimate of drug-likeness (QED) is 0.838. The van der Waals surface area contributed by atoms with Crippen LogP contribution in [0.1, 0.15) is 38.4 Å².